The average Bonchev–Trinajstić information content (AvgIpc) is 2.20. The molecule has 0 saturated carbocycles. The SMILES string of the molecule is CCc1cc(Cl)c(O)c(C(C)CO)c1. The van der Waals surface area contributed by atoms with Gasteiger partial charge in [0.2, 0.25) is 0 Å². The van der Waals surface area contributed by atoms with E-state index < -0.39 is 0 Å². The van der Waals surface area contributed by atoms with Crippen LogP contribution in [0.3, 0.4) is 0 Å². The van der Waals surface area contributed by atoms with Crippen LogP contribution in [-0.2, 0) is 6.42 Å². The maximum atomic E-state index is 9.68. The van der Waals surface area contributed by atoms with Gasteiger partial charge in [0.15, 0.2) is 0 Å². The zero-order valence-electron chi connectivity index (χ0n) is 8.42. The lowest BCUT2D eigenvalue weighted by atomic mass is 9.98. The van der Waals surface area contributed by atoms with Crippen LogP contribution < -0.4 is 0 Å². The molecule has 2 nitrogen and oxygen atoms in total. The minimum absolute atomic E-state index is 0.0110. The molecule has 0 aliphatic rings. The standard InChI is InChI=1S/C11H15ClO2/c1-3-8-4-9(7(2)6-13)11(14)10(12)5-8/h4-5,7,13-14H,3,6H2,1-2H3. The van der Waals surface area contributed by atoms with Crippen molar-refractivity contribution in [3.05, 3.63) is 28.3 Å². The van der Waals surface area contributed by atoms with Crippen molar-refractivity contribution in [2.24, 2.45) is 0 Å². The minimum atomic E-state index is -0.0843. The summed E-state index contributed by atoms with van der Waals surface area (Å²) in [4.78, 5) is 0. The third kappa shape index (κ3) is 2.20. The van der Waals surface area contributed by atoms with E-state index in [-0.39, 0.29) is 18.3 Å². The first kappa shape index (κ1) is 11.3. The van der Waals surface area contributed by atoms with E-state index in [2.05, 4.69) is 0 Å². The molecule has 1 rings (SSSR count). The molecule has 0 aliphatic heterocycles. The number of rotatable bonds is 3. The second kappa shape index (κ2) is 4.67. The van der Waals surface area contributed by atoms with Gasteiger partial charge in [0, 0.05) is 18.1 Å². The van der Waals surface area contributed by atoms with Crippen molar-refractivity contribution in [1.29, 1.82) is 0 Å². The van der Waals surface area contributed by atoms with Gasteiger partial charge < -0.3 is 10.2 Å². The Morgan fingerprint density at radius 3 is 2.57 bits per heavy atom. The number of aliphatic hydroxyl groups is 1. The zero-order valence-corrected chi connectivity index (χ0v) is 9.17. The Morgan fingerprint density at radius 1 is 1.43 bits per heavy atom. The summed E-state index contributed by atoms with van der Waals surface area (Å²) >= 11 is 5.87. The molecule has 1 aromatic rings. The van der Waals surface area contributed by atoms with E-state index in [1.807, 2.05) is 19.9 Å². The highest BCUT2D eigenvalue weighted by Crippen LogP contribution is 2.33. The number of hydrogen-bond acceptors (Lipinski definition) is 2. The molecule has 1 unspecified atom stereocenters. The number of benzene rings is 1. The van der Waals surface area contributed by atoms with Crippen molar-refractivity contribution < 1.29 is 10.2 Å². The van der Waals surface area contributed by atoms with E-state index in [4.69, 9.17) is 16.7 Å². The number of aliphatic hydroxyl groups excluding tert-OH is 1. The van der Waals surface area contributed by atoms with E-state index in [1.165, 1.54) is 0 Å². The summed E-state index contributed by atoms with van der Waals surface area (Å²) < 4.78 is 0. The monoisotopic (exact) mass is 214 g/mol. The lowest BCUT2D eigenvalue weighted by Crippen LogP contribution is -2.00. The Labute approximate surface area is 89.1 Å². The zero-order chi connectivity index (χ0) is 10.7. The lowest BCUT2D eigenvalue weighted by molar-refractivity contribution is 0.270. The summed E-state index contributed by atoms with van der Waals surface area (Å²) in [5, 5.41) is 19.0. The first-order valence-electron chi connectivity index (χ1n) is 4.72. The molecule has 0 spiro atoms. The Hall–Kier alpha value is -0.730. The highest BCUT2D eigenvalue weighted by molar-refractivity contribution is 6.32. The van der Waals surface area contributed by atoms with Crippen molar-refractivity contribution in [1.82, 2.24) is 0 Å². The molecule has 0 heterocycles. The highest BCUT2D eigenvalue weighted by Gasteiger charge is 2.13. The second-order valence-electron chi connectivity index (χ2n) is 3.45. The van der Waals surface area contributed by atoms with Gasteiger partial charge in [0.05, 0.1) is 5.02 Å². The van der Waals surface area contributed by atoms with E-state index >= 15 is 0 Å². The van der Waals surface area contributed by atoms with E-state index in [9.17, 15) is 5.11 Å². The van der Waals surface area contributed by atoms with E-state index in [1.54, 1.807) is 6.07 Å². The van der Waals surface area contributed by atoms with Gasteiger partial charge in [0.25, 0.3) is 0 Å². The van der Waals surface area contributed by atoms with Gasteiger partial charge >= 0.3 is 0 Å². The molecular formula is C11H15ClO2. The van der Waals surface area contributed by atoms with Crippen molar-refractivity contribution in [2.75, 3.05) is 6.61 Å². The van der Waals surface area contributed by atoms with Gasteiger partial charge in [-0.05, 0) is 18.1 Å². The van der Waals surface area contributed by atoms with Gasteiger partial charge in [-0.1, -0.05) is 31.5 Å². The largest absolute Gasteiger partial charge is 0.506 e. The minimum Gasteiger partial charge on any atom is -0.506 e. The molecule has 0 saturated heterocycles. The molecule has 0 amide bonds. The summed E-state index contributed by atoms with van der Waals surface area (Å²) in [5.41, 5.74) is 1.79. The van der Waals surface area contributed by atoms with E-state index in [0.29, 0.717) is 5.02 Å². The molecule has 78 valence electrons. The fourth-order valence-corrected chi connectivity index (χ4v) is 1.61. The Morgan fingerprint density at radius 2 is 2.07 bits per heavy atom. The number of hydrogen-bond donors (Lipinski definition) is 2. The molecule has 0 bridgehead atoms. The van der Waals surface area contributed by atoms with Crippen LogP contribution >= 0.6 is 11.6 Å². The smallest absolute Gasteiger partial charge is 0.137 e. The molecule has 1 atom stereocenters. The van der Waals surface area contributed by atoms with Crippen LogP contribution in [-0.4, -0.2) is 16.8 Å². The van der Waals surface area contributed by atoms with Crippen LogP contribution in [0.25, 0.3) is 0 Å². The van der Waals surface area contributed by atoms with Gasteiger partial charge in [-0.15, -0.1) is 0 Å². The fraction of sp³-hybridized carbons (Fsp3) is 0.455. The third-order valence-electron chi connectivity index (χ3n) is 2.37. The number of phenolic OH excluding ortho intramolecular Hbond substituents is 1. The number of halogens is 1. The quantitative estimate of drug-likeness (QED) is 0.812. The van der Waals surface area contributed by atoms with Crippen LogP contribution in [0.5, 0.6) is 5.75 Å². The van der Waals surface area contributed by atoms with Crippen LogP contribution in [0.2, 0.25) is 5.02 Å². The first-order valence-corrected chi connectivity index (χ1v) is 5.10. The highest BCUT2D eigenvalue weighted by atomic mass is 35.5. The van der Waals surface area contributed by atoms with Gasteiger partial charge in [-0.25, -0.2) is 0 Å². The van der Waals surface area contributed by atoms with Crippen LogP contribution in [0.1, 0.15) is 30.9 Å². The molecule has 0 radical (unpaired) electrons. The number of aryl methyl sites for hydroxylation is 1. The summed E-state index contributed by atoms with van der Waals surface area (Å²) in [5.74, 6) is 0.00409. The summed E-state index contributed by atoms with van der Waals surface area (Å²) in [6.07, 6.45) is 0.866. The van der Waals surface area contributed by atoms with Gasteiger partial charge in [-0.2, -0.15) is 0 Å². The predicted molar refractivity (Wildman–Crippen MR) is 58.0 cm³/mol. The molecule has 2 N–H and O–H groups in total. The van der Waals surface area contributed by atoms with Gasteiger partial charge in [-0.3, -0.25) is 0 Å². The maximum absolute atomic E-state index is 9.68. The molecular weight excluding hydrogens is 200 g/mol. The van der Waals surface area contributed by atoms with Crippen LogP contribution in [0, 0.1) is 0 Å². The van der Waals surface area contributed by atoms with Crippen molar-refractivity contribution in [2.45, 2.75) is 26.2 Å². The van der Waals surface area contributed by atoms with Crippen molar-refractivity contribution in [3.8, 4) is 5.75 Å². The number of phenols is 1. The fourth-order valence-electron chi connectivity index (χ4n) is 1.36. The molecule has 1 aromatic carbocycles. The normalized spacial score (nSPS) is 12.9. The second-order valence-corrected chi connectivity index (χ2v) is 3.86. The molecule has 14 heavy (non-hydrogen) atoms. The van der Waals surface area contributed by atoms with Crippen LogP contribution in [0.15, 0.2) is 12.1 Å². The topological polar surface area (TPSA) is 40.5 Å². The Balaban J connectivity index is 3.20. The molecule has 3 heteroatoms. The molecule has 0 fully saturated rings. The summed E-state index contributed by atoms with van der Waals surface area (Å²) in [6, 6.07) is 3.65. The summed E-state index contributed by atoms with van der Waals surface area (Å²) in [7, 11) is 0. The average molecular weight is 215 g/mol. The Bertz CT molecular complexity index is 323. The van der Waals surface area contributed by atoms with Crippen molar-refractivity contribution >= 4 is 11.6 Å². The Kier molecular flexibility index (Phi) is 3.78. The maximum Gasteiger partial charge on any atom is 0.137 e. The lowest BCUT2D eigenvalue weighted by Gasteiger charge is -2.13. The third-order valence-corrected chi connectivity index (χ3v) is 2.65. The molecule has 0 aromatic heterocycles. The van der Waals surface area contributed by atoms with Crippen molar-refractivity contribution in [3.63, 3.8) is 0 Å². The van der Waals surface area contributed by atoms with Gasteiger partial charge in [0.1, 0.15) is 5.75 Å². The van der Waals surface area contributed by atoms with Crippen LogP contribution in [0.4, 0.5) is 0 Å². The predicted octanol–water partition coefficient (Wildman–Crippen LogP) is 2.70. The number of aromatic hydroxyl groups is 1. The van der Waals surface area contributed by atoms with E-state index in [0.717, 1.165) is 17.5 Å². The first-order chi connectivity index (χ1) is 6.60. The summed E-state index contributed by atoms with van der Waals surface area (Å²) in [6.45, 7) is 3.89. The molecule has 0 aliphatic carbocycles.